The van der Waals surface area contributed by atoms with Crippen LogP contribution < -0.4 is 10.0 Å². The number of aromatic nitrogens is 1. The highest BCUT2D eigenvalue weighted by molar-refractivity contribution is 7.89. The van der Waals surface area contributed by atoms with Crippen LogP contribution in [0, 0.1) is 0 Å². The van der Waals surface area contributed by atoms with Crippen molar-refractivity contribution in [1.29, 1.82) is 0 Å². The minimum Gasteiger partial charge on any atom is -0.353 e. The number of rotatable bonds is 9. The maximum atomic E-state index is 12.6. The van der Waals surface area contributed by atoms with Crippen molar-refractivity contribution in [3.63, 3.8) is 0 Å². The van der Waals surface area contributed by atoms with E-state index in [1.807, 2.05) is 55.9 Å². The highest BCUT2D eigenvalue weighted by Gasteiger charge is 2.21. The summed E-state index contributed by atoms with van der Waals surface area (Å²) in [5.74, 6) is -0.0809. The molecule has 0 radical (unpaired) electrons. The van der Waals surface area contributed by atoms with E-state index in [4.69, 9.17) is 0 Å². The number of nitrogens with one attached hydrogen (secondary N) is 2. The number of amides is 1. The summed E-state index contributed by atoms with van der Waals surface area (Å²) in [6, 6.07) is 10.0. The van der Waals surface area contributed by atoms with Crippen LogP contribution in [0.1, 0.15) is 31.5 Å². The predicted octanol–water partition coefficient (Wildman–Crippen LogP) is 2.34. The second kappa shape index (κ2) is 9.16. The van der Waals surface area contributed by atoms with Gasteiger partial charge in [-0.25, -0.2) is 13.1 Å². The summed E-state index contributed by atoms with van der Waals surface area (Å²) >= 11 is 0. The van der Waals surface area contributed by atoms with Crippen molar-refractivity contribution in [2.75, 3.05) is 26.0 Å². The van der Waals surface area contributed by atoms with Crippen molar-refractivity contribution >= 4 is 21.6 Å². The fraction of sp³-hybridized carbons (Fsp3) is 0.421. The molecular formula is C19H28N4O3S. The number of benzene rings is 1. The number of carbonyl (C=O) groups excluding carboxylic acids is 1. The molecule has 0 bridgehead atoms. The van der Waals surface area contributed by atoms with Crippen LogP contribution in [0.25, 0.3) is 0 Å². The molecule has 1 unspecified atom stereocenters. The summed E-state index contributed by atoms with van der Waals surface area (Å²) in [5, 5.41) is 2.75. The van der Waals surface area contributed by atoms with E-state index in [0.29, 0.717) is 12.1 Å². The van der Waals surface area contributed by atoms with Crippen LogP contribution in [0.2, 0.25) is 0 Å². The van der Waals surface area contributed by atoms with Gasteiger partial charge < -0.3 is 9.88 Å². The number of aryl methyl sites for hydroxylation is 1. The summed E-state index contributed by atoms with van der Waals surface area (Å²) in [7, 11) is 2.12. The lowest BCUT2D eigenvalue weighted by Crippen LogP contribution is -2.35. The lowest BCUT2D eigenvalue weighted by atomic mass is 10.2. The number of hydrogen-bond donors (Lipinski definition) is 2. The fourth-order valence-electron chi connectivity index (χ4n) is 2.81. The van der Waals surface area contributed by atoms with E-state index < -0.39 is 10.0 Å². The summed E-state index contributed by atoms with van der Waals surface area (Å²) in [4.78, 5) is 13.8. The van der Waals surface area contributed by atoms with Crippen molar-refractivity contribution in [2.24, 2.45) is 7.05 Å². The molecular weight excluding hydrogens is 364 g/mol. The van der Waals surface area contributed by atoms with Crippen molar-refractivity contribution in [3.8, 4) is 0 Å². The van der Waals surface area contributed by atoms with Crippen LogP contribution in [0.3, 0.4) is 0 Å². The Morgan fingerprint density at radius 3 is 2.37 bits per heavy atom. The molecule has 2 N–H and O–H groups in total. The summed E-state index contributed by atoms with van der Waals surface area (Å²) in [6.07, 6.45) is 3.13. The van der Waals surface area contributed by atoms with Crippen LogP contribution >= 0.6 is 0 Å². The van der Waals surface area contributed by atoms with E-state index in [0.717, 1.165) is 12.1 Å². The quantitative estimate of drug-likeness (QED) is 0.686. The third-order valence-corrected chi connectivity index (χ3v) is 5.78. The van der Waals surface area contributed by atoms with E-state index in [-0.39, 0.29) is 23.4 Å². The molecule has 0 fully saturated rings. The third kappa shape index (κ3) is 5.66. The van der Waals surface area contributed by atoms with E-state index in [1.54, 1.807) is 12.1 Å². The number of likely N-dealkylation sites (N-methyl/N-ethyl adjacent to an activating group) is 1. The molecule has 1 atom stereocenters. The van der Waals surface area contributed by atoms with Gasteiger partial charge in [-0.2, -0.15) is 0 Å². The largest absolute Gasteiger partial charge is 0.353 e. The molecule has 0 aliphatic rings. The maximum absolute atomic E-state index is 12.6. The lowest BCUT2D eigenvalue weighted by Gasteiger charge is -2.25. The van der Waals surface area contributed by atoms with Gasteiger partial charge in [-0.1, -0.05) is 6.92 Å². The van der Waals surface area contributed by atoms with Crippen LogP contribution in [-0.2, 0) is 21.9 Å². The van der Waals surface area contributed by atoms with Gasteiger partial charge >= 0.3 is 0 Å². The summed E-state index contributed by atoms with van der Waals surface area (Å²) < 4.78 is 29.9. The zero-order chi connectivity index (χ0) is 20.0. The van der Waals surface area contributed by atoms with Gasteiger partial charge in [0, 0.05) is 37.6 Å². The smallest absolute Gasteiger partial charge is 0.240 e. The zero-order valence-electron chi connectivity index (χ0n) is 16.3. The molecule has 1 heterocycles. The minimum atomic E-state index is -3.65. The van der Waals surface area contributed by atoms with Gasteiger partial charge in [0.2, 0.25) is 15.9 Å². The highest BCUT2D eigenvalue weighted by atomic mass is 32.2. The van der Waals surface area contributed by atoms with Crippen LogP contribution in [0.5, 0.6) is 0 Å². The molecule has 2 rings (SSSR count). The average molecular weight is 393 g/mol. The van der Waals surface area contributed by atoms with Gasteiger partial charge in [-0.15, -0.1) is 0 Å². The molecule has 1 amide bonds. The fourth-order valence-corrected chi connectivity index (χ4v) is 3.85. The minimum absolute atomic E-state index is 0.0809. The lowest BCUT2D eigenvalue weighted by molar-refractivity contribution is -0.116. The van der Waals surface area contributed by atoms with Gasteiger partial charge in [0.15, 0.2) is 0 Å². The molecule has 8 heteroatoms. The number of nitrogens with zero attached hydrogens (tertiary/aromatic N) is 2. The molecule has 0 saturated heterocycles. The van der Waals surface area contributed by atoms with Crippen LogP contribution in [0.4, 0.5) is 5.69 Å². The molecule has 7 nitrogen and oxygen atoms in total. The first-order valence-electron chi connectivity index (χ1n) is 8.92. The number of carbonyl (C=O) groups is 1. The van der Waals surface area contributed by atoms with Gasteiger partial charge in [-0.05, 0) is 56.9 Å². The Morgan fingerprint density at radius 1 is 1.19 bits per heavy atom. The van der Waals surface area contributed by atoms with E-state index >= 15 is 0 Å². The Labute approximate surface area is 161 Å². The number of sulfonamides is 1. The first-order valence-corrected chi connectivity index (χ1v) is 10.4. The molecule has 27 heavy (non-hydrogen) atoms. The molecule has 1 aromatic carbocycles. The van der Waals surface area contributed by atoms with Gasteiger partial charge in [0.25, 0.3) is 0 Å². The molecule has 0 spiro atoms. The second-order valence-electron chi connectivity index (χ2n) is 6.70. The average Bonchev–Trinajstić information content (AvgIpc) is 3.01. The van der Waals surface area contributed by atoms with E-state index in [9.17, 15) is 13.2 Å². The van der Waals surface area contributed by atoms with Gasteiger partial charge in [-0.3, -0.25) is 9.69 Å². The molecule has 0 aliphatic heterocycles. The standard InChI is InChI=1S/C19H28N4O3S/c1-5-7-19(24)21-15-9-11-16(12-10-15)27(25,26)20-14-18(22(2)3)17-8-6-13-23(17)4/h6,8-13,18,20H,5,7,14H2,1-4H3,(H,21,24). The second-order valence-corrected chi connectivity index (χ2v) is 8.46. The summed E-state index contributed by atoms with van der Waals surface area (Å²) in [5.41, 5.74) is 1.61. The van der Waals surface area contributed by atoms with Crippen molar-refractivity contribution in [2.45, 2.75) is 30.7 Å². The van der Waals surface area contributed by atoms with E-state index in [1.165, 1.54) is 12.1 Å². The number of hydrogen-bond acceptors (Lipinski definition) is 4. The van der Waals surface area contributed by atoms with Gasteiger partial charge in [0.05, 0.1) is 10.9 Å². The SMILES string of the molecule is CCCC(=O)Nc1ccc(S(=O)(=O)NCC(c2cccn2C)N(C)C)cc1. The normalized spacial score (nSPS) is 12.9. The van der Waals surface area contributed by atoms with Gasteiger partial charge in [0.1, 0.15) is 0 Å². The highest BCUT2D eigenvalue weighted by Crippen LogP contribution is 2.19. The Kier molecular flexibility index (Phi) is 7.18. The number of anilines is 1. The molecule has 148 valence electrons. The topological polar surface area (TPSA) is 83.4 Å². The van der Waals surface area contributed by atoms with Crippen molar-refractivity contribution < 1.29 is 13.2 Å². The predicted molar refractivity (Wildman–Crippen MR) is 107 cm³/mol. The molecule has 0 saturated carbocycles. The Bertz CT molecular complexity index is 857. The molecule has 2 aromatic rings. The Balaban J connectivity index is 2.07. The molecule has 1 aromatic heterocycles. The first-order chi connectivity index (χ1) is 12.7. The monoisotopic (exact) mass is 392 g/mol. The Morgan fingerprint density at radius 2 is 1.85 bits per heavy atom. The van der Waals surface area contributed by atoms with Crippen LogP contribution in [0.15, 0.2) is 47.5 Å². The molecule has 0 aliphatic carbocycles. The van der Waals surface area contributed by atoms with Crippen molar-refractivity contribution in [3.05, 3.63) is 48.3 Å². The maximum Gasteiger partial charge on any atom is 0.240 e. The summed E-state index contributed by atoms with van der Waals surface area (Å²) in [6.45, 7) is 2.18. The third-order valence-electron chi connectivity index (χ3n) is 4.34. The Hall–Kier alpha value is -2.16. The zero-order valence-corrected chi connectivity index (χ0v) is 17.1. The van der Waals surface area contributed by atoms with E-state index in [2.05, 4.69) is 10.0 Å². The first kappa shape index (κ1) is 21.1. The van der Waals surface area contributed by atoms with Crippen LogP contribution in [-0.4, -0.2) is 44.4 Å². The van der Waals surface area contributed by atoms with Crippen molar-refractivity contribution in [1.82, 2.24) is 14.2 Å².